The molecule has 0 radical (unpaired) electrons. The molecule has 4 nitrogen and oxygen atoms in total. The lowest BCUT2D eigenvalue weighted by Gasteiger charge is -2.30. The third kappa shape index (κ3) is 1.89. The predicted molar refractivity (Wildman–Crippen MR) is 65.9 cm³/mol. The minimum absolute atomic E-state index is 0.196. The van der Waals surface area contributed by atoms with Crippen molar-refractivity contribution in [3.05, 3.63) is 29.8 Å². The molecule has 1 aliphatic heterocycles. The first-order chi connectivity index (χ1) is 8.09. The summed E-state index contributed by atoms with van der Waals surface area (Å²) in [4.78, 5) is 11.5. The molecule has 2 unspecified atom stereocenters. The summed E-state index contributed by atoms with van der Waals surface area (Å²) >= 11 is 0. The maximum atomic E-state index is 11.5. The first-order valence-electron chi connectivity index (χ1n) is 5.73. The van der Waals surface area contributed by atoms with Crippen LogP contribution in [-0.4, -0.2) is 26.1 Å². The fraction of sp³-hybridized carbons (Fsp3) is 0.462. The molecule has 0 aromatic heterocycles. The number of ether oxygens (including phenoxy) is 1. The summed E-state index contributed by atoms with van der Waals surface area (Å²) in [7, 11) is 1.64. The second-order valence-corrected chi connectivity index (χ2v) is 4.70. The molecule has 3 N–H and O–H groups in total. The molecule has 2 rings (SSSR count). The van der Waals surface area contributed by atoms with Crippen LogP contribution < -0.4 is 15.8 Å². The second-order valence-electron chi connectivity index (χ2n) is 4.70. The van der Waals surface area contributed by atoms with E-state index in [9.17, 15) is 4.79 Å². The lowest BCUT2D eigenvalue weighted by atomic mass is 9.73. The Morgan fingerprint density at radius 1 is 1.53 bits per heavy atom. The SMILES string of the molecule is COc1ccccc1C1(C)CNCC1C(N)=O. The highest BCUT2D eigenvalue weighted by molar-refractivity contribution is 5.79. The van der Waals surface area contributed by atoms with Crippen LogP contribution in [-0.2, 0) is 10.2 Å². The molecule has 17 heavy (non-hydrogen) atoms. The molecule has 1 amide bonds. The van der Waals surface area contributed by atoms with Crippen LogP contribution in [0.5, 0.6) is 5.75 Å². The maximum Gasteiger partial charge on any atom is 0.222 e. The third-order valence-electron chi connectivity index (χ3n) is 3.68. The van der Waals surface area contributed by atoms with E-state index in [1.165, 1.54) is 0 Å². The summed E-state index contributed by atoms with van der Waals surface area (Å²) in [6.45, 7) is 3.42. The fourth-order valence-electron chi connectivity index (χ4n) is 2.64. The lowest BCUT2D eigenvalue weighted by Crippen LogP contribution is -2.40. The summed E-state index contributed by atoms with van der Waals surface area (Å²) in [5.41, 5.74) is 6.23. The van der Waals surface area contributed by atoms with Crippen LogP contribution in [0.3, 0.4) is 0 Å². The van der Waals surface area contributed by atoms with Crippen LogP contribution in [0.1, 0.15) is 12.5 Å². The van der Waals surface area contributed by atoms with Gasteiger partial charge in [-0.2, -0.15) is 0 Å². The summed E-state index contributed by atoms with van der Waals surface area (Å²) in [5, 5.41) is 3.24. The Morgan fingerprint density at radius 3 is 2.88 bits per heavy atom. The van der Waals surface area contributed by atoms with E-state index in [2.05, 4.69) is 12.2 Å². The smallest absolute Gasteiger partial charge is 0.222 e. The molecule has 0 saturated carbocycles. The quantitative estimate of drug-likeness (QED) is 0.807. The molecular weight excluding hydrogens is 216 g/mol. The van der Waals surface area contributed by atoms with Gasteiger partial charge in [-0.15, -0.1) is 0 Å². The average molecular weight is 234 g/mol. The van der Waals surface area contributed by atoms with Gasteiger partial charge in [-0.3, -0.25) is 4.79 Å². The van der Waals surface area contributed by atoms with Crippen LogP contribution in [0, 0.1) is 5.92 Å². The van der Waals surface area contributed by atoms with Gasteiger partial charge in [-0.1, -0.05) is 25.1 Å². The van der Waals surface area contributed by atoms with Crippen molar-refractivity contribution >= 4 is 5.91 Å². The van der Waals surface area contributed by atoms with Gasteiger partial charge >= 0.3 is 0 Å². The average Bonchev–Trinajstić information content (AvgIpc) is 2.72. The fourth-order valence-corrected chi connectivity index (χ4v) is 2.64. The standard InChI is InChI=1S/C13H18N2O2/c1-13(8-15-7-10(13)12(14)16)9-5-3-4-6-11(9)17-2/h3-6,10,15H,7-8H2,1-2H3,(H2,14,16). The van der Waals surface area contributed by atoms with Gasteiger partial charge in [0, 0.05) is 24.1 Å². The van der Waals surface area contributed by atoms with E-state index in [-0.39, 0.29) is 17.2 Å². The summed E-state index contributed by atoms with van der Waals surface area (Å²) in [6.07, 6.45) is 0. The van der Waals surface area contributed by atoms with E-state index in [0.717, 1.165) is 17.9 Å². The molecule has 1 aromatic carbocycles. The van der Waals surface area contributed by atoms with E-state index >= 15 is 0 Å². The number of hydrogen-bond donors (Lipinski definition) is 2. The van der Waals surface area contributed by atoms with Crippen molar-refractivity contribution in [1.82, 2.24) is 5.32 Å². The first-order valence-corrected chi connectivity index (χ1v) is 5.73. The number of primary amides is 1. The number of carbonyl (C=O) groups excluding carboxylic acids is 1. The van der Waals surface area contributed by atoms with Crippen LogP contribution in [0.2, 0.25) is 0 Å². The Morgan fingerprint density at radius 2 is 2.24 bits per heavy atom. The number of nitrogens with two attached hydrogens (primary N) is 1. The van der Waals surface area contributed by atoms with Crippen LogP contribution in [0.4, 0.5) is 0 Å². The zero-order valence-electron chi connectivity index (χ0n) is 10.2. The summed E-state index contributed by atoms with van der Waals surface area (Å²) in [5.74, 6) is 0.354. The monoisotopic (exact) mass is 234 g/mol. The van der Waals surface area contributed by atoms with Gasteiger partial charge in [-0.25, -0.2) is 0 Å². The third-order valence-corrected chi connectivity index (χ3v) is 3.68. The molecule has 92 valence electrons. The van der Waals surface area contributed by atoms with Gasteiger partial charge in [0.25, 0.3) is 0 Å². The number of methoxy groups -OCH3 is 1. The van der Waals surface area contributed by atoms with E-state index in [1.54, 1.807) is 7.11 Å². The molecule has 4 heteroatoms. The Balaban J connectivity index is 2.46. The van der Waals surface area contributed by atoms with Crippen molar-refractivity contribution in [2.24, 2.45) is 11.7 Å². The Hall–Kier alpha value is -1.55. The van der Waals surface area contributed by atoms with E-state index in [4.69, 9.17) is 10.5 Å². The normalized spacial score (nSPS) is 28.0. The Labute approximate surface area is 101 Å². The van der Waals surface area contributed by atoms with Crippen molar-refractivity contribution in [2.75, 3.05) is 20.2 Å². The molecule has 1 heterocycles. The molecule has 1 fully saturated rings. The summed E-state index contributed by atoms with van der Waals surface area (Å²) < 4.78 is 5.37. The number of para-hydroxylation sites is 1. The first kappa shape index (κ1) is 11.9. The molecule has 0 spiro atoms. The number of benzene rings is 1. The van der Waals surface area contributed by atoms with Gasteiger partial charge in [0.2, 0.25) is 5.91 Å². The molecule has 0 aliphatic carbocycles. The van der Waals surface area contributed by atoms with Crippen molar-refractivity contribution in [3.63, 3.8) is 0 Å². The van der Waals surface area contributed by atoms with Crippen LogP contribution in [0.25, 0.3) is 0 Å². The minimum Gasteiger partial charge on any atom is -0.496 e. The van der Waals surface area contributed by atoms with Gasteiger partial charge in [0.15, 0.2) is 0 Å². The Bertz CT molecular complexity index is 433. The molecule has 1 aromatic rings. The Kier molecular flexibility index (Phi) is 3.07. The van der Waals surface area contributed by atoms with Gasteiger partial charge in [0.1, 0.15) is 5.75 Å². The van der Waals surface area contributed by atoms with Crippen molar-refractivity contribution < 1.29 is 9.53 Å². The molecule has 1 saturated heterocycles. The van der Waals surface area contributed by atoms with Crippen molar-refractivity contribution in [2.45, 2.75) is 12.3 Å². The number of carbonyl (C=O) groups is 1. The largest absolute Gasteiger partial charge is 0.496 e. The number of rotatable bonds is 3. The highest BCUT2D eigenvalue weighted by Crippen LogP contribution is 2.39. The highest BCUT2D eigenvalue weighted by atomic mass is 16.5. The van der Waals surface area contributed by atoms with Crippen molar-refractivity contribution in [3.8, 4) is 5.75 Å². The number of hydrogen-bond acceptors (Lipinski definition) is 3. The number of nitrogens with one attached hydrogen (secondary N) is 1. The van der Waals surface area contributed by atoms with E-state index in [0.29, 0.717) is 6.54 Å². The van der Waals surface area contributed by atoms with Gasteiger partial charge < -0.3 is 15.8 Å². The lowest BCUT2D eigenvalue weighted by molar-refractivity contribution is -0.122. The number of amides is 1. The topological polar surface area (TPSA) is 64.3 Å². The van der Waals surface area contributed by atoms with Gasteiger partial charge in [0.05, 0.1) is 13.0 Å². The van der Waals surface area contributed by atoms with E-state index < -0.39 is 0 Å². The van der Waals surface area contributed by atoms with E-state index in [1.807, 2.05) is 24.3 Å². The maximum absolute atomic E-state index is 11.5. The van der Waals surface area contributed by atoms with Gasteiger partial charge in [-0.05, 0) is 6.07 Å². The summed E-state index contributed by atoms with van der Waals surface area (Å²) in [6, 6.07) is 7.80. The zero-order chi connectivity index (χ0) is 12.5. The molecule has 2 atom stereocenters. The van der Waals surface area contributed by atoms with Crippen molar-refractivity contribution in [1.29, 1.82) is 0 Å². The van der Waals surface area contributed by atoms with Crippen LogP contribution in [0.15, 0.2) is 24.3 Å². The van der Waals surface area contributed by atoms with Crippen LogP contribution >= 0.6 is 0 Å². The zero-order valence-corrected chi connectivity index (χ0v) is 10.2. The molecular formula is C13H18N2O2. The highest BCUT2D eigenvalue weighted by Gasteiger charge is 2.44. The molecule has 0 bridgehead atoms. The molecule has 1 aliphatic rings. The minimum atomic E-state index is -0.293. The predicted octanol–water partition coefficient (Wildman–Crippen LogP) is 0.658. The second kappa shape index (κ2) is 4.37.